The van der Waals surface area contributed by atoms with Crippen molar-refractivity contribution in [3.05, 3.63) is 58.7 Å². The molecule has 2 aromatic carbocycles. The molecule has 28 heavy (non-hydrogen) atoms. The molecule has 11 heteroatoms. The number of halogens is 6. The first-order valence-electron chi connectivity index (χ1n) is 7.86. The lowest BCUT2D eigenvalue weighted by molar-refractivity contribution is -0.143. The summed E-state index contributed by atoms with van der Waals surface area (Å²) in [5.41, 5.74) is 4.48. The molecule has 3 rings (SSSR count). The van der Waals surface area contributed by atoms with Crippen LogP contribution in [0.1, 0.15) is 22.3 Å². The van der Waals surface area contributed by atoms with Gasteiger partial charge >= 0.3 is 12.4 Å². The van der Waals surface area contributed by atoms with E-state index in [4.69, 9.17) is 5.73 Å². The minimum Gasteiger partial charge on any atom is -0.399 e. The Labute approximate surface area is 154 Å². The van der Waals surface area contributed by atoms with Crippen LogP contribution in [0.2, 0.25) is 0 Å². The number of hydrogen-bond donors (Lipinski definition) is 1. The van der Waals surface area contributed by atoms with Gasteiger partial charge in [-0.05, 0) is 52.7 Å². The number of aromatic nitrogens is 4. The summed E-state index contributed by atoms with van der Waals surface area (Å²) >= 11 is 0. The van der Waals surface area contributed by atoms with Crippen molar-refractivity contribution in [3.63, 3.8) is 0 Å². The molecule has 0 atom stereocenters. The summed E-state index contributed by atoms with van der Waals surface area (Å²) in [5, 5.41) is 10.7. The van der Waals surface area contributed by atoms with Gasteiger partial charge in [-0.25, -0.2) is 4.68 Å². The fraction of sp³-hybridized carbons (Fsp3) is 0.235. The molecule has 1 aromatic heterocycles. The first kappa shape index (κ1) is 19.6. The molecular weight excluding hydrogens is 388 g/mol. The molecular formula is C17H13F6N5. The van der Waals surface area contributed by atoms with Gasteiger partial charge in [-0.15, -0.1) is 5.10 Å². The summed E-state index contributed by atoms with van der Waals surface area (Å²) in [6.07, 6.45) is -9.91. The molecule has 0 aliphatic rings. The number of alkyl halides is 6. The highest BCUT2D eigenvalue weighted by Crippen LogP contribution is 2.38. The van der Waals surface area contributed by atoms with Crippen LogP contribution in [0, 0.1) is 6.92 Å². The number of aryl methyl sites for hydroxylation is 1. The minimum atomic E-state index is -4.96. The Morgan fingerprint density at radius 3 is 2.07 bits per heavy atom. The van der Waals surface area contributed by atoms with Crippen molar-refractivity contribution in [3.8, 4) is 11.4 Å². The van der Waals surface area contributed by atoms with E-state index in [0.29, 0.717) is 23.4 Å². The summed E-state index contributed by atoms with van der Waals surface area (Å²) in [6.45, 7) is 1.81. The highest BCUT2D eigenvalue weighted by Gasteiger charge is 2.37. The van der Waals surface area contributed by atoms with Crippen LogP contribution in [0.5, 0.6) is 0 Å². The molecule has 5 nitrogen and oxygen atoms in total. The minimum absolute atomic E-state index is 0.0427. The number of nitrogen functional groups attached to an aromatic ring is 1. The molecule has 0 aliphatic heterocycles. The van der Waals surface area contributed by atoms with Crippen molar-refractivity contribution in [2.75, 3.05) is 5.73 Å². The maximum absolute atomic E-state index is 13.1. The van der Waals surface area contributed by atoms with Crippen molar-refractivity contribution < 1.29 is 26.3 Å². The Balaban J connectivity index is 2.07. The quantitative estimate of drug-likeness (QED) is 0.524. The third-order valence-corrected chi connectivity index (χ3v) is 4.04. The summed E-state index contributed by atoms with van der Waals surface area (Å²) in [4.78, 5) is 0. The van der Waals surface area contributed by atoms with Gasteiger partial charge in [0.25, 0.3) is 0 Å². The van der Waals surface area contributed by atoms with Crippen LogP contribution >= 0.6 is 0 Å². The van der Waals surface area contributed by atoms with Gasteiger partial charge in [0.2, 0.25) is 0 Å². The van der Waals surface area contributed by atoms with E-state index in [0.717, 1.165) is 10.2 Å². The molecule has 2 N–H and O–H groups in total. The average Bonchev–Trinajstić information content (AvgIpc) is 3.04. The van der Waals surface area contributed by atoms with Gasteiger partial charge in [-0.3, -0.25) is 0 Å². The van der Waals surface area contributed by atoms with Crippen molar-refractivity contribution in [1.29, 1.82) is 0 Å². The third-order valence-electron chi connectivity index (χ3n) is 4.04. The lowest BCUT2D eigenvalue weighted by atomic mass is 10.0. The van der Waals surface area contributed by atoms with E-state index < -0.39 is 23.5 Å². The summed E-state index contributed by atoms with van der Waals surface area (Å²) in [6, 6.07) is 6.27. The largest absolute Gasteiger partial charge is 0.416 e. The topological polar surface area (TPSA) is 69.6 Å². The van der Waals surface area contributed by atoms with Gasteiger partial charge in [0.05, 0.1) is 17.7 Å². The Morgan fingerprint density at radius 2 is 1.54 bits per heavy atom. The predicted octanol–water partition coefficient (Wildman–Crippen LogP) is 4.32. The van der Waals surface area contributed by atoms with Crippen molar-refractivity contribution in [2.24, 2.45) is 0 Å². The van der Waals surface area contributed by atoms with Crippen LogP contribution < -0.4 is 5.73 Å². The summed E-state index contributed by atoms with van der Waals surface area (Å²) < 4.78 is 79.5. The number of nitrogens with zero attached hydrogens (tertiary/aromatic N) is 4. The van der Waals surface area contributed by atoms with Crippen molar-refractivity contribution in [1.82, 2.24) is 20.2 Å². The van der Waals surface area contributed by atoms with Crippen LogP contribution in [0.15, 0.2) is 36.4 Å². The number of nitrogens with two attached hydrogens (primary N) is 1. The number of anilines is 1. The highest BCUT2D eigenvalue weighted by molar-refractivity contribution is 5.58. The van der Waals surface area contributed by atoms with E-state index in [1.54, 1.807) is 25.1 Å². The number of rotatable bonds is 3. The van der Waals surface area contributed by atoms with Crippen LogP contribution in [0.3, 0.4) is 0 Å². The van der Waals surface area contributed by atoms with Gasteiger partial charge in [0.15, 0.2) is 5.82 Å². The highest BCUT2D eigenvalue weighted by atomic mass is 19.4. The van der Waals surface area contributed by atoms with Crippen LogP contribution in [-0.2, 0) is 18.9 Å². The summed E-state index contributed by atoms with van der Waals surface area (Å²) in [7, 11) is 0. The van der Waals surface area contributed by atoms with E-state index in [1.807, 2.05) is 0 Å². The maximum Gasteiger partial charge on any atom is 0.416 e. The van der Waals surface area contributed by atoms with Gasteiger partial charge < -0.3 is 5.73 Å². The molecule has 0 bridgehead atoms. The Bertz CT molecular complexity index is 974. The first-order chi connectivity index (χ1) is 12.9. The van der Waals surface area contributed by atoms with Gasteiger partial charge in [-0.1, -0.05) is 12.1 Å². The molecule has 3 aromatic rings. The van der Waals surface area contributed by atoms with E-state index >= 15 is 0 Å². The smallest absolute Gasteiger partial charge is 0.399 e. The SMILES string of the molecule is Cc1cc(Cn2nnnc2-c2cc(C(F)(F)F)cc(C(F)(F)F)c2)ccc1N. The zero-order valence-electron chi connectivity index (χ0n) is 14.3. The molecule has 0 unspecified atom stereocenters. The van der Waals surface area contributed by atoms with Gasteiger partial charge in [0.1, 0.15) is 0 Å². The molecule has 0 radical (unpaired) electrons. The molecule has 0 saturated carbocycles. The van der Waals surface area contributed by atoms with Gasteiger partial charge in [0, 0.05) is 11.3 Å². The average molecular weight is 401 g/mol. The van der Waals surface area contributed by atoms with Crippen LogP contribution in [-0.4, -0.2) is 20.2 Å². The standard InChI is InChI=1S/C17H13F6N5/c1-9-4-10(2-3-14(9)24)8-28-15(25-26-27-28)11-5-12(16(18,19)20)7-13(6-11)17(21,22)23/h2-7H,8,24H2,1H3. The van der Waals surface area contributed by atoms with E-state index in [9.17, 15) is 26.3 Å². The maximum atomic E-state index is 13.1. The second-order valence-electron chi connectivity index (χ2n) is 6.15. The summed E-state index contributed by atoms with van der Waals surface area (Å²) in [5.74, 6) is -0.217. The zero-order valence-corrected chi connectivity index (χ0v) is 14.3. The molecule has 0 fully saturated rings. The van der Waals surface area contributed by atoms with Gasteiger partial charge in [-0.2, -0.15) is 26.3 Å². The lowest BCUT2D eigenvalue weighted by Crippen LogP contribution is -2.12. The van der Waals surface area contributed by atoms with Crippen molar-refractivity contribution >= 4 is 5.69 Å². The van der Waals surface area contributed by atoms with Crippen LogP contribution in [0.25, 0.3) is 11.4 Å². The lowest BCUT2D eigenvalue weighted by Gasteiger charge is -2.14. The van der Waals surface area contributed by atoms with E-state index in [-0.39, 0.29) is 24.0 Å². The first-order valence-corrected chi connectivity index (χ1v) is 7.86. The van der Waals surface area contributed by atoms with E-state index in [1.165, 1.54) is 0 Å². The Hall–Kier alpha value is -3.11. The van der Waals surface area contributed by atoms with E-state index in [2.05, 4.69) is 15.5 Å². The second-order valence-corrected chi connectivity index (χ2v) is 6.15. The number of tetrazole rings is 1. The molecule has 0 aliphatic carbocycles. The monoisotopic (exact) mass is 401 g/mol. The molecule has 0 amide bonds. The molecule has 0 spiro atoms. The fourth-order valence-corrected chi connectivity index (χ4v) is 2.61. The van der Waals surface area contributed by atoms with Crippen molar-refractivity contribution in [2.45, 2.75) is 25.8 Å². The fourth-order valence-electron chi connectivity index (χ4n) is 2.61. The Morgan fingerprint density at radius 1 is 0.929 bits per heavy atom. The number of benzene rings is 2. The third kappa shape index (κ3) is 4.07. The molecule has 148 valence electrons. The predicted molar refractivity (Wildman–Crippen MR) is 88.0 cm³/mol. The molecule has 0 saturated heterocycles. The second kappa shape index (κ2) is 6.80. The molecule has 1 heterocycles. The van der Waals surface area contributed by atoms with Crippen LogP contribution in [0.4, 0.5) is 32.0 Å². The Kier molecular flexibility index (Phi) is 4.77. The zero-order chi connectivity index (χ0) is 20.7. The number of hydrogen-bond acceptors (Lipinski definition) is 4. The normalized spacial score (nSPS) is 12.4.